The van der Waals surface area contributed by atoms with Crippen LogP contribution in [0.15, 0.2) is 4.99 Å². The van der Waals surface area contributed by atoms with Crippen molar-refractivity contribution in [2.75, 3.05) is 33.9 Å². The first-order valence-electron chi connectivity index (χ1n) is 7.47. The maximum absolute atomic E-state index is 5.73. The molecule has 0 aromatic rings. The number of methoxy groups -OCH3 is 1. The average Bonchev–Trinajstić information content (AvgIpc) is 2.41. The van der Waals surface area contributed by atoms with Gasteiger partial charge in [0.05, 0.1) is 11.7 Å². The molecule has 0 radical (unpaired) electrons. The van der Waals surface area contributed by atoms with Crippen molar-refractivity contribution in [3.63, 3.8) is 0 Å². The van der Waals surface area contributed by atoms with Gasteiger partial charge in [-0.1, -0.05) is 13.8 Å². The number of hydrogen-bond donors (Lipinski definition) is 2. The zero-order valence-electron chi connectivity index (χ0n) is 14.2. The summed E-state index contributed by atoms with van der Waals surface area (Å²) in [5.74, 6) is 1.33. The molecule has 0 aliphatic heterocycles. The largest absolute Gasteiger partial charge is 0.378 e. The summed E-state index contributed by atoms with van der Waals surface area (Å²) >= 11 is 0. The minimum atomic E-state index is -0.205. The van der Waals surface area contributed by atoms with E-state index in [1.807, 2.05) is 20.8 Å². The summed E-state index contributed by atoms with van der Waals surface area (Å²) in [7, 11) is 3.49. The van der Waals surface area contributed by atoms with Gasteiger partial charge in [0.1, 0.15) is 0 Å². The maximum Gasteiger partial charge on any atom is 0.191 e. The van der Waals surface area contributed by atoms with Gasteiger partial charge >= 0.3 is 0 Å². The van der Waals surface area contributed by atoms with Crippen LogP contribution in [0.4, 0.5) is 0 Å². The summed E-state index contributed by atoms with van der Waals surface area (Å²) in [6, 6.07) is 0. The topological polar surface area (TPSA) is 54.9 Å². The van der Waals surface area contributed by atoms with Gasteiger partial charge in [0, 0.05) is 33.9 Å². The van der Waals surface area contributed by atoms with Crippen LogP contribution in [0.25, 0.3) is 0 Å². The molecular formula is C15H33N3O2. The Bertz CT molecular complexity index is 278. The highest BCUT2D eigenvalue weighted by atomic mass is 16.5. The van der Waals surface area contributed by atoms with Crippen molar-refractivity contribution in [1.29, 1.82) is 0 Å². The lowest BCUT2D eigenvalue weighted by atomic mass is 10.0. The van der Waals surface area contributed by atoms with Crippen LogP contribution < -0.4 is 10.6 Å². The molecule has 0 aromatic carbocycles. The van der Waals surface area contributed by atoms with Crippen LogP contribution in [-0.4, -0.2) is 51.5 Å². The molecule has 1 unspecified atom stereocenters. The van der Waals surface area contributed by atoms with Crippen LogP contribution in [0.1, 0.15) is 41.0 Å². The third-order valence-electron chi connectivity index (χ3n) is 3.30. The second-order valence-corrected chi connectivity index (χ2v) is 5.84. The quantitative estimate of drug-likeness (QED) is 0.503. The van der Waals surface area contributed by atoms with Crippen LogP contribution >= 0.6 is 0 Å². The van der Waals surface area contributed by atoms with Gasteiger partial charge in [-0.2, -0.15) is 0 Å². The molecule has 120 valence electrons. The van der Waals surface area contributed by atoms with E-state index in [1.165, 1.54) is 0 Å². The predicted octanol–water partition coefficient (Wildman–Crippen LogP) is 2.03. The fourth-order valence-electron chi connectivity index (χ4n) is 1.75. The normalized spacial score (nSPS) is 14.5. The lowest BCUT2D eigenvalue weighted by Crippen LogP contribution is -2.46. The van der Waals surface area contributed by atoms with Crippen molar-refractivity contribution in [3.05, 3.63) is 0 Å². The SMILES string of the molecule is CCOC(CCNC(=NC)NCC(C)(C)OC)C(C)C. The number of nitrogens with one attached hydrogen (secondary N) is 2. The van der Waals surface area contributed by atoms with Crippen LogP contribution in [0.5, 0.6) is 0 Å². The Balaban J connectivity index is 4.07. The number of ether oxygens (including phenoxy) is 2. The zero-order valence-corrected chi connectivity index (χ0v) is 14.2. The van der Waals surface area contributed by atoms with E-state index in [2.05, 4.69) is 29.5 Å². The van der Waals surface area contributed by atoms with E-state index in [9.17, 15) is 0 Å². The van der Waals surface area contributed by atoms with Crippen LogP contribution in [-0.2, 0) is 9.47 Å². The summed E-state index contributed by atoms with van der Waals surface area (Å²) in [6.07, 6.45) is 1.26. The Kier molecular flexibility index (Phi) is 9.59. The number of hydrogen-bond acceptors (Lipinski definition) is 3. The first kappa shape index (κ1) is 19.2. The number of rotatable bonds is 9. The average molecular weight is 287 g/mol. The van der Waals surface area contributed by atoms with E-state index in [4.69, 9.17) is 9.47 Å². The molecule has 0 amide bonds. The van der Waals surface area contributed by atoms with Gasteiger partial charge in [0.15, 0.2) is 5.96 Å². The van der Waals surface area contributed by atoms with Crippen molar-refractivity contribution in [2.45, 2.75) is 52.7 Å². The fourth-order valence-corrected chi connectivity index (χ4v) is 1.75. The molecule has 2 N–H and O–H groups in total. The summed E-state index contributed by atoms with van der Waals surface area (Å²) in [4.78, 5) is 4.21. The standard InChI is InChI=1S/C15H33N3O2/c1-8-20-13(12(2)3)9-10-17-14(16-6)18-11-15(4,5)19-7/h12-13H,8-11H2,1-7H3,(H2,16,17,18). The smallest absolute Gasteiger partial charge is 0.191 e. The Morgan fingerprint density at radius 2 is 1.90 bits per heavy atom. The van der Waals surface area contributed by atoms with Crippen molar-refractivity contribution < 1.29 is 9.47 Å². The highest BCUT2D eigenvalue weighted by Gasteiger charge is 2.17. The third kappa shape index (κ3) is 8.38. The minimum absolute atomic E-state index is 0.205. The second kappa shape index (κ2) is 10.00. The molecular weight excluding hydrogens is 254 g/mol. The summed E-state index contributed by atoms with van der Waals surface area (Å²) < 4.78 is 11.1. The first-order chi connectivity index (χ1) is 9.36. The summed E-state index contributed by atoms with van der Waals surface area (Å²) in [5.41, 5.74) is -0.205. The molecule has 1 atom stereocenters. The molecule has 0 bridgehead atoms. The van der Waals surface area contributed by atoms with Gasteiger partial charge in [-0.05, 0) is 33.1 Å². The molecule has 0 aliphatic carbocycles. The van der Waals surface area contributed by atoms with Gasteiger partial charge < -0.3 is 20.1 Å². The minimum Gasteiger partial charge on any atom is -0.378 e. The molecule has 0 spiro atoms. The Morgan fingerprint density at radius 1 is 1.25 bits per heavy atom. The van der Waals surface area contributed by atoms with Gasteiger partial charge in [-0.15, -0.1) is 0 Å². The zero-order chi connectivity index (χ0) is 15.6. The van der Waals surface area contributed by atoms with Crippen LogP contribution in [0.2, 0.25) is 0 Å². The van der Waals surface area contributed by atoms with Gasteiger partial charge in [-0.25, -0.2) is 0 Å². The van der Waals surface area contributed by atoms with Crippen molar-refractivity contribution in [1.82, 2.24) is 10.6 Å². The fraction of sp³-hybridized carbons (Fsp3) is 0.933. The van der Waals surface area contributed by atoms with Crippen molar-refractivity contribution >= 4 is 5.96 Å². The lowest BCUT2D eigenvalue weighted by Gasteiger charge is -2.25. The molecule has 20 heavy (non-hydrogen) atoms. The highest BCUT2D eigenvalue weighted by molar-refractivity contribution is 5.79. The molecule has 5 nitrogen and oxygen atoms in total. The monoisotopic (exact) mass is 287 g/mol. The summed E-state index contributed by atoms with van der Waals surface area (Å²) in [5, 5.41) is 6.58. The molecule has 0 saturated carbocycles. The molecule has 0 heterocycles. The summed E-state index contributed by atoms with van der Waals surface area (Å²) in [6.45, 7) is 12.8. The number of aliphatic imine (C=N–C) groups is 1. The van der Waals surface area contributed by atoms with Crippen LogP contribution in [0, 0.1) is 5.92 Å². The van der Waals surface area contributed by atoms with E-state index >= 15 is 0 Å². The van der Waals surface area contributed by atoms with E-state index in [-0.39, 0.29) is 5.60 Å². The molecule has 0 rings (SSSR count). The third-order valence-corrected chi connectivity index (χ3v) is 3.30. The maximum atomic E-state index is 5.73. The van der Waals surface area contributed by atoms with E-state index < -0.39 is 0 Å². The highest BCUT2D eigenvalue weighted by Crippen LogP contribution is 2.10. The molecule has 0 fully saturated rings. The second-order valence-electron chi connectivity index (χ2n) is 5.84. The van der Waals surface area contributed by atoms with Gasteiger partial charge in [-0.3, -0.25) is 4.99 Å². The Hall–Kier alpha value is -0.810. The van der Waals surface area contributed by atoms with Gasteiger partial charge in [0.2, 0.25) is 0 Å². The van der Waals surface area contributed by atoms with E-state index in [1.54, 1.807) is 14.2 Å². The van der Waals surface area contributed by atoms with Gasteiger partial charge in [0.25, 0.3) is 0 Å². The van der Waals surface area contributed by atoms with E-state index in [0.29, 0.717) is 18.6 Å². The Morgan fingerprint density at radius 3 is 2.35 bits per heavy atom. The van der Waals surface area contributed by atoms with Crippen molar-refractivity contribution in [2.24, 2.45) is 10.9 Å². The molecule has 5 heteroatoms. The van der Waals surface area contributed by atoms with Crippen molar-refractivity contribution in [3.8, 4) is 0 Å². The molecule has 0 aromatic heterocycles. The predicted molar refractivity (Wildman–Crippen MR) is 85.3 cm³/mol. The number of guanidine groups is 1. The van der Waals surface area contributed by atoms with E-state index in [0.717, 1.165) is 25.5 Å². The Labute approximate surface area is 124 Å². The molecule has 0 saturated heterocycles. The van der Waals surface area contributed by atoms with Crippen LogP contribution in [0.3, 0.4) is 0 Å². The first-order valence-corrected chi connectivity index (χ1v) is 7.47. The number of nitrogens with zero attached hydrogens (tertiary/aromatic N) is 1. The molecule has 0 aliphatic rings. The lowest BCUT2D eigenvalue weighted by molar-refractivity contribution is 0.0248.